The predicted octanol–water partition coefficient (Wildman–Crippen LogP) is 3.94. The van der Waals surface area contributed by atoms with Crippen molar-refractivity contribution in [2.24, 2.45) is 17.8 Å². The smallest absolute Gasteiger partial charge is 0.306 e. The van der Waals surface area contributed by atoms with Gasteiger partial charge in [0, 0.05) is 6.42 Å². The maximum atomic E-state index is 11.7. The third kappa shape index (κ3) is 4.33. The van der Waals surface area contributed by atoms with Gasteiger partial charge in [-0.2, -0.15) is 0 Å². The lowest BCUT2D eigenvalue weighted by Crippen LogP contribution is -2.21. The maximum Gasteiger partial charge on any atom is 0.306 e. The first-order chi connectivity index (χ1) is 8.24. The molecule has 1 aliphatic heterocycles. The van der Waals surface area contributed by atoms with Gasteiger partial charge in [0.05, 0.1) is 6.61 Å². The summed E-state index contributed by atoms with van der Waals surface area (Å²) in [7, 11) is 0. The van der Waals surface area contributed by atoms with E-state index in [1.165, 1.54) is 51.4 Å². The van der Waals surface area contributed by atoms with Crippen molar-refractivity contribution in [1.29, 1.82) is 0 Å². The zero-order valence-electron chi connectivity index (χ0n) is 11.1. The Morgan fingerprint density at radius 1 is 1.00 bits per heavy atom. The second kappa shape index (κ2) is 6.42. The first kappa shape index (κ1) is 12.9. The number of carbonyl (C=O) groups excluding carboxylic acids is 1. The van der Waals surface area contributed by atoms with Crippen LogP contribution >= 0.6 is 0 Å². The summed E-state index contributed by atoms with van der Waals surface area (Å²) in [4.78, 5) is 11.7. The molecule has 0 aromatic rings. The van der Waals surface area contributed by atoms with Gasteiger partial charge in [-0.3, -0.25) is 4.79 Å². The number of rotatable bonds is 0. The molecule has 0 radical (unpaired) electrons. The topological polar surface area (TPSA) is 26.3 Å². The fourth-order valence-corrected chi connectivity index (χ4v) is 3.33. The summed E-state index contributed by atoms with van der Waals surface area (Å²) < 4.78 is 5.36. The molecule has 0 aromatic carbocycles. The quantitative estimate of drug-likeness (QED) is 0.598. The minimum Gasteiger partial charge on any atom is -0.465 e. The average molecular weight is 238 g/mol. The predicted molar refractivity (Wildman–Crippen MR) is 68.7 cm³/mol. The van der Waals surface area contributed by atoms with Crippen molar-refractivity contribution in [3.05, 3.63) is 0 Å². The molecule has 0 amide bonds. The molecule has 2 bridgehead atoms. The van der Waals surface area contributed by atoms with Gasteiger partial charge >= 0.3 is 5.97 Å². The summed E-state index contributed by atoms with van der Waals surface area (Å²) in [6.07, 6.45) is 11.2. The Hall–Kier alpha value is -0.530. The van der Waals surface area contributed by atoms with Crippen LogP contribution in [0.15, 0.2) is 0 Å². The third-order valence-corrected chi connectivity index (χ3v) is 4.44. The molecule has 1 saturated carbocycles. The van der Waals surface area contributed by atoms with Crippen molar-refractivity contribution in [2.75, 3.05) is 6.61 Å². The lowest BCUT2D eigenvalue weighted by molar-refractivity contribution is -0.146. The Labute approximate surface area is 105 Å². The van der Waals surface area contributed by atoms with E-state index in [-0.39, 0.29) is 5.97 Å². The van der Waals surface area contributed by atoms with Crippen LogP contribution in [0.5, 0.6) is 0 Å². The van der Waals surface area contributed by atoms with Crippen molar-refractivity contribution >= 4 is 5.97 Å². The molecule has 0 spiro atoms. The molecule has 3 atom stereocenters. The highest BCUT2D eigenvalue weighted by Crippen LogP contribution is 2.33. The summed E-state index contributed by atoms with van der Waals surface area (Å²) in [6, 6.07) is 0. The van der Waals surface area contributed by atoms with Crippen LogP contribution in [0.4, 0.5) is 0 Å². The van der Waals surface area contributed by atoms with Crippen LogP contribution in [-0.4, -0.2) is 12.6 Å². The first-order valence-electron chi connectivity index (χ1n) is 7.39. The fourth-order valence-electron chi connectivity index (χ4n) is 3.33. The van der Waals surface area contributed by atoms with Crippen molar-refractivity contribution in [3.63, 3.8) is 0 Å². The Balaban J connectivity index is 1.98. The van der Waals surface area contributed by atoms with E-state index in [0.717, 1.165) is 5.92 Å². The molecule has 0 aromatic heterocycles. The monoisotopic (exact) mass is 238 g/mol. The third-order valence-electron chi connectivity index (χ3n) is 4.44. The van der Waals surface area contributed by atoms with Crippen LogP contribution in [0.25, 0.3) is 0 Å². The summed E-state index contributed by atoms with van der Waals surface area (Å²) in [6.45, 7) is 2.84. The van der Waals surface area contributed by atoms with E-state index in [1.807, 2.05) is 0 Å². The molecule has 98 valence electrons. The van der Waals surface area contributed by atoms with Gasteiger partial charge in [-0.15, -0.1) is 0 Å². The van der Waals surface area contributed by atoms with Gasteiger partial charge in [-0.05, 0) is 37.0 Å². The second-order valence-electron chi connectivity index (χ2n) is 6.18. The lowest BCUT2D eigenvalue weighted by Gasteiger charge is -2.28. The van der Waals surface area contributed by atoms with Crippen LogP contribution in [0, 0.1) is 17.8 Å². The lowest BCUT2D eigenvalue weighted by atomic mass is 9.79. The molecule has 1 saturated heterocycles. The van der Waals surface area contributed by atoms with Gasteiger partial charge < -0.3 is 4.74 Å². The number of fused-ring (bicyclic) bond motifs is 2. The van der Waals surface area contributed by atoms with Crippen LogP contribution in [-0.2, 0) is 9.53 Å². The molecule has 2 heteroatoms. The van der Waals surface area contributed by atoms with Gasteiger partial charge in [0.15, 0.2) is 0 Å². The van der Waals surface area contributed by atoms with Crippen LogP contribution in [0.1, 0.15) is 64.7 Å². The van der Waals surface area contributed by atoms with E-state index < -0.39 is 0 Å². The summed E-state index contributed by atoms with van der Waals surface area (Å²) in [5, 5.41) is 0. The molecule has 2 fully saturated rings. The normalized spacial score (nSPS) is 36.5. The van der Waals surface area contributed by atoms with E-state index >= 15 is 0 Å². The second-order valence-corrected chi connectivity index (χ2v) is 6.18. The van der Waals surface area contributed by atoms with Crippen molar-refractivity contribution in [3.8, 4) is 0 Å². The molecule has 0 unspecified atom stereocenters. The van der Waals surface area contributed by atoms with E-state index in [9.17, 15) is 4.79 Å². The van der Waals surface area contributed by atoms with Gasteiger partial charge in [0.25, 0.3) is 0 Å². The number of cyclic esters (lactones) is 1. The van der Waals surface area contributed by atoms with Gasteiger partial charge in [-0.1, -0.05) is 39.0 Å². The zero-order valence-corrected chi connectivity index (χ0v) is 11.1. The average Bonchev–Trinajstić information content (AvgIpc) is 2.28. The number of carbonyl (C=O) groups is 1. The van der Waals surface area contributed by atoms with Crippen LogP contribution in [0.2, 0.25) is 0 Å². The molecule has 2 nitrogen and oxygen atoms in total. The zero-order chi connectivity index (χ0) is 12.1. The molecule has 1 aliphatic carbocycles. The van der Waals surface area contributed by atoms with E-state index in [0.29, 0.717) is 24.9 Å². The minimum absolute atomic E-state index is 0.0445. The van der Waals surface area contributed by atoms with E-state index in [2.05, 4.69) is 6.92 Å². The summed E-state index contributed by atoms with van der Waals surface area (Å²) in [5.74, 6) is 2.05. The van der Waals surface area contributed by atoms with Crippen LogP contribution < -0.4 is 0 Å². The Morgan fingerprint density at radius 3 is 2.59 bits per heavy atom. The number of hydrogen-bond donors (Lipinski definition) is 0. The van der Waals surface area contributed by atoms with Crippen molar-refractivity contribution in [2.45, 2.75) is 64.7 Å². The SMILES string of the molecule is C[C@@H]1CC[C@H]2CCCCC[C@@H](CC(=O)OC1)C2. The minimum atomic E-state index is 0.0445. The van der Waals surface area contributed by atoms with Crippen molar-refractivity contribution < 1.29 is 9.53 Å². The highest BCUT2D eigenvalue weighted by atomic mass is 16.5. The largest absolute Gasteiger partial charge is 0.465 e. The van der Waals surface area contributed by atoms with Gasteiger partial charge in [-0.25, -0.2) is 0 Å². The highest BCUT2D eigenvalue weighted by molar-refractivity contribution is 5.69. The summed E-state index contributed by atoms with van der Waals surface area (Å²) in [5.41, 5.74) is 0. The first-order valence-corrected chi connectivity index (χ1v) is 7.39. The van der Waals surface area contributed by atoms with Gasteiger partial charge in [0.1, 0.15) is 0 Å². The Bertz CT molecular complexity index is 249. The van der Waals surface area contributed by atoms with Crippen LogP contribution in [0.3, 0.4) is 0 Å². The highest BCUT2D eigenvalue weighted by Gasteiger charge is 2.24. The van der Waals surface area contributed by atoms with Crippen molar-refractivity contribution in [1.82, 2.24) is 0 Å². The molecular formula is C15H26O2. The Kier molecular flexibility index (Phi) is 4.87. The molecule has 0 N–H and O–H groups in total. The molecule has 2 rings (SSSR count). The molecular weight excluding hydrogens is 212 g/mol. The number of hydrogen-bond acceptors (Lipinski definition) is 2. The molecule has 1 heterocycles. The number of esters is 1. The molecule has 17 heavy (non-hydrogen) atoms. The number of ether oxygens (including phenoxy) is 1. The summed E-state index contributed by atoms with van der Waals surface area (Å²) >= 11 is 0. The molecule has 2 aliphatic rings. The standard InChI is InChI=1S/C15H26O2/c1-12-7-8-13-5-3-2-4-6-14(9-13)10-15(16)17-11-12/h12-14H,2-11H2,1H3/t12-,13-,14-/m1/s1. The maximum absolute atomic E-state index is 11.7. The van der Waals surface area contributed by atoms with E-state index in [4.69, 9.17) is 4.74 Å². The fraction of sp³-hybridized carbons (Fsp3) is 0.933. The van der Waals surface area contributed by atoms with Gasteiger partial charge in [0.2, 0.25) is 0 Å². The van der Waals surface area contributed by atoms with E-state index in [1.54, 1.807) is 0 Å². The Morgan fingerprint density at radius 2 is 1.76 bits per heavy atom.